The van der Waals surface area contributed by atoms with Crippen molar-refractivity contribution in [2.45, 2.75) is 32.7 Å². The van der Waals surface area contributed by atoms with Gasteiger partial charge in [-0.1, -0.05) is 80.6 Å². The van der Waals surface area contributed by atoms with Crippen LogP contribution in [0.15, 0.2) is 66.3 Å². The number of fused-ring (bicyclic) bond motifs is 1. The van der Waals surface area contributed by atoms with Crippen molar-refractivity contribution >= 4 is 6.08 Å². The minimum atomic E-state index is -0.0548. The molecule has 0 fully saturated rings. The molecule has 0 spiro atoms. The van der Waals surface area contributed by atoms with E-state index < -0.39 is 0 Å². The summed E-state index contributed by atoms with van der Waals surface area (Å²) in [6, 6.07) is 8.80. The number of nitrogens with zero attached hydrogens (tertiary/aromatic N) is 1. The Hall–Kier alpha value is -1.15. The second-order valence-electron chi connectivity index (χ2n) is 6.34. The topological polar surface area (TPSA) is 3.24 Å². The van der Waals surface area contributed by atoms with E-state index in [1.54, 1.807) is 0 Å². The molecule has 0 saturated heterocycles. The van der Waals surface area contributed by atoms with E-state index in [4.69, 9.17) is 0 Å². The second kappa shape index (κ2) is 8.29. The van der Waals surface area contributed by atoms with Crippen molar-refractivity contribution in [1.82, 2.24) is 4.90 Å². The molecular weight excluding hydrogens is 326 g/mol. The Kier molecular flexibility index (Phi) is 6.63. The number of benzene rings is 1. The first-order valence-electron chi connectivity index (χ1n) is 8.79. The van der Waals surface area contributed by atoms with Crippen LogP contribution in [0.2, 0.25) is 0 Å². The number of allylic oxidation sites excluding steroid dienone is 3. The molecule has 0 N–H and O–H groups in total. The first-order valence-corrected chi connectivity index (χ1v) is 8.79. The van der Waals surface area contributed by atoms with Crippen LogP contribution in [0.4, 0.5) is 0 Å². The summed E-state index contributed by atoms with van der Waals surface area (Å²) in [5, 5.41) is 0. The third-order valence-electron chi connectivity index (χ3n) is 5.24. The number of hydrogen-bond donors (Lipinski definition) is 0. The maximum Gasteiger partial charge on any atom is 0.0710 e. The number of likely N-dealkylation sites (N-methyl/N-ethyl adjacent to an activating group) is 1. The zero-order valence-electron chi connectivity index (χ0n) is 15.0. The Labute approximate surface area is 161 Å². The van der Waals surface area contributed by atoms with Gasteiger partial charge in [0.25, 0.3) is 0 Å². The van der Waals surface area contributed by atoms with Crippen LogP contribution in [-0.4, -0.2) is 23.5 Å². The maximum absolute atomic E-state index is 2.61. The van der Waals surface area contributed by atoms with Gasteiger partial charge in [0.1, 0.15) is 0 Å². The van der Waals surface area contributed by atoms with Crippen LogP contribution in [0.3, 0.4) is 0 Å². The third-order valence-corrected chi connectivity index (χ3v) is 5.24. The van der Waals surface area contributed by atoms with E-state index in [9.17, 15) is 0 Å². The quantitative estimate of drug-likeness (QED) is 0.513. The number of hydrogen-bond acceptors (Lipinski definition) is 1. The van der Waals surface area contributed by atoms with Crippen LogP contribution < -0.4 is 0 Å². The van der Waals surface area contributed by atoms with Gasteiger partial charge in [-0.05, 0) is 43.1 Å². The Bertz CT molecular complexity index is 667. The summed E-state index contributed by atoms with van der Waals surface area (Å²) in [4.78, 5) is 2.61. The molecule has 1 aromatic rings. The van der Waals surface area contributed by atoms with Gasteiger partial charge in [0, 0.05) is 27.6 Å². The van der Waals surface area contributed by atoms with Crippen molar-refractivity contribution in [3.8, 4) is 0 Å². The minimum absolute atomic E-state index is 0. The Balaban J connectivity index is 0.00000208. The predicted octanol–water partition coefficient (Wildman–Crippen LogP) is 5.02. The van der Waals surface area contributed by atoms with Gasteiger partial charge in [-0.2, -0.15) is 0 Å². The van der Waals surface area contributed by atoms with Gasteiger partial charge < -0.3 is 0 Å². The maximum atomic E-state index is 2.61. The first kappa shape index (κ1) is 19.2. The van der Waals surface area contributed by atoms with Gasteiger partial charge >= 0.3 is 0 Å². The van der Waals surface area contributed by atoms with Gasteiger partial charge in [0.05, 0.1) is 5.54 Å². The van der Waals surface area contributed by atoms with Crippen LogP contribution >= 0.6 is 0 Å². The summed E-state index contributed by atoms with van der Waals surface area (Å²) >= 11 is 0. The van der Waals surface area contributed by atoms with Crippen LogP contribution in [0.1, 0.15) is 31.9 Å². The molecule has 0 saturated carbocycles. The largest absolute Gasteiger partial charge is 0.290 e. The molecular formula is C22H27NTi. The van der Waals surface area contributed by atoms with Gasteiger partial charge in [0.15, 0.2) is 0 Å². The van der Waals surface area contributed by atoms with Crippen LogP contribution in [0.5, 0.6) is 0 Å². The molecule has 124 valence electrons. The summed E-state index contributed by atoms with van der Waals surface area (Å²) in [6.45, 7) is 8.78. The summed E-state index contributed by atoms with van der Waals surface area (Å²) in [7, 11) is 0. The molecule has 0 amide bonds. The fraction of sp³-hybridized carbons (Fsp3) is 0.364. The standard InChI is InChI=1S/C22H27N.Ti/c1-4-15-22(23(5-2)6-3,20-13-9-10-14-20)21-16-18-11-7-8-12-19(18)17-21;/h4,7-16,20H,5-6,17H2,1-3H3;. The molecule has 2 aliphatic rings. The van der Waals surface area contributed by atoms with E-state index in [1.165, 1.54) is 16.7 Å². The SMILES string of the molecule is CC=CC(C1=Cc2ccccc2C1)(C1C=CC=C1)N(CC)CC.[Ti]. The summed E-state index contributed by atoms with van der Waals surface area (Å²) < 4.78 is 0. The fourth-order valence-electron chi connectivity index (χ4n) is 4.21. The van der Waals surface area contributed by atoms with Crippen molar-refractivity contribution in [2.24, 2.45) is 5.92 Å². The van der Waals surface area contributed by atoms with Crippen LogP contribution in [-0.2, 0) is 28.1 Å². The van der Waals surface area contributed by atoms with Gasteiger partial charge in [-0.3, -0.25) is 4.90 Å². The van der Waals surface area contributed by atoms with Crippen molar-refractivity contribution in [3.05, 3.63) is 77.4 Å². The van der Waals surface area contributed by atoms with E-state index in [1.807, 2.05) is 0 Å². The molecule has 1 aromatic carbocycles. The zero-order valence-corrected chi connectivity index (χ0v) is 16.6. The molecule has 0 aliphatic heterocycles. The van der Waals surface area contributed by atoms with E-state index in [0.29, 0.717) is 5.92 Å². The summed E-state index contributed by atoms with van der Waals surface area (Å²) in [5.74, 6) is 0.402. The molecule has 2 aliphatic carbocycles. The van der Waals surface area contributed by atoms with Crippen molar-refractivity contribution in [3.63, 3.8) is 0 Å². The van der Waals surface area contributed by atoms with Gasteiger partial charge in [-0.15, -0.1) is 0 Å². The summed E-state index contributed by atoms with van der Waals surface area (Å²) in [5.41, 5.74) is 4.30. The minimum Gasteiger partial charge on any atom is -0.290 e. The van der Waals surface area contributed by atoms with E-state index in [0.717, 1.165) is 19.5 Å². The van der Waals surface area contributed by atoms with Gasteiger partial charge in [0.2, 0.25) is 0 Å². The molecule has 2 heteroatoms. The van der Waals surface area contributed by atoms with Crippen molar-refractivity contribution in [2.75, 3.05) is 13.1 Å². The normalized spacial score (nSPS) is 18.8. The average Bonchev–Trinajstić information content (AvgIpc) is 3.24. The average molecular weight is 353 g/mol. The molecule has 0 heterocycles. The summed E-state index contributed by atoms with van der Waals surface area (Å²) in [6.07, 6.45) is 17.2. The Morgan fingerprint density at radius 2 is 1.79 bits per heavy atom. The number of rotatable bonds is 6. The van der Waals surface area contributed by atoms with E-state index in [-0.39, 0.29) is 27.3 Å². The van der Waals surface area contributed by atoms with E-state index in [2.05, 4.69) is 92.5 Å². The van der Waals surface area contributed by atoms with Crippen molar-refractivity contribution < 1.29 is 21.7 Å². The van der Waals surface area contributed by atoms with E-state index >= 15 is 0 Å². The molecule has 0 radical (unpaired) electrons. The first-order chi connectivity index (χ1) is 11.3. The van der Waals surface area contributed by atoms with Crippen molar-refractivity contribution in [1.29, 1.82) is 0 Å². The third kappa shape index (κ3) is 3.18. The second-order valence-corrected chi connectivity index (χ2v) is 6.34. The smallest absolute Gasteiger partial charge is 0.0710 e. The molecule has 1 nitrogen and oxygen atoms in total. The Morgan fingerprint density at radius 3 is 2.38 bits per heavy atom. The van der Waals surface area contributed by atoms with Crippen LogP contribution in [0, 0.1) is 5.92 Å². The molecule has 0 aromatic heterocycles. The van der Waals surface area contributed by atoms with Gasteiger partial charge in [-0.25, -0.2) is 0 Å². The zero-order chi connectivity index (χ0) is 16.3. The molecule has 1 unspecified atom stereocenters. The Morgan fingerprint density at radius 1 is 1.12 bits per heavy atom. The molecule has 1 atom stereocenters. The van der Waals surface area contributed by atoms with Crippen LogP contribution in [0.25, 0.3) is 6.08 Å². The monoisotopic (exact) mass is 353 g/mol. The molecule has 3 rings (SSSR count). The molecule has 0 bridgehead atoms. The molecule has 24 heavy (non-hydrogen) atoms. The predicted molar refractivity (Wildman–Crippen MR) is 100 cm³/mol. The fourth-order valence-corrected chi connectivity index (χ4v) is 4.21.